The lowest BCUT2D eigenvalue weighted by Crippen LogP contribution is -2.95. The van der Waals surface area contributed by atoms with Gasteiger partial charge in [-0.15, -0.1) is 0 Å². The second kappa shape index (κ2) is 15.2. The van der Waals surface area contributed by atoms with Crippen molar-refractivity contribution in [1.29, 1.82) is 0 Å². The van der Waals surface area contributed by atoms with Gasteiger partial charge in [-0.2, -0.15) is 0 Å². The van der Waals surface area contributed by atoms with E-state index >= 15 is 0 Å². The quantitative estimate of drug-likeness (QED) is 0.229. The molecule has 0 spiro atoms. The van der Waals surface area contributed by atoms with Crippen LogP contribution in [0.4, 0.5) is 0 Å². The van der Waals surface area contributed by atoms with Crippen LogP contribution in [0.5, 0.6) is 5.75 Å². The van der Waals surface area contributed by atoms with Gasteiger partial charge in [-0.05, 0) is 87.8 Å². The van der Waals surface area contributed by atoms with Crippen LogP contribution in [0.1, 0.15) is 83.6 Å². The fourth-order valence-corrected chi connectivity index (χ4v) is 8.35. The highest BCUT2D eigenvalue weighted by Crippen LogP contribution is 2.55. The number of fused-ring (bicyclic) bond motifs is 3. The Kier molecular flexibility index (Phi) is 11.6. The van der Waals surface area contributed by atoms with Crippen molar-refractivity contribution in [3.8, 4) is 5.75 Å². The smallest absolute Gasteiger partial charge is 0.339 e. The van der Waals surface area contributed by atoms with Crippen LogP contribution >= 0.6 is 7.60 Å². The summed E-state index contributed by atoms with van der Waals surface area (Å²) in [5, 5.41) is 28.5. The molecule has 8 heteroatoms. The number of carbonyl (C=O) groups excluding carboxylic acids is 1. The van der Waals surface area contributed by atoms with Crippen molar-refractivity contribution in [1.82, 2.24) is 0 Å². The predicted octanol–water partition coefficient (Wildman–Crippen LogP) is 5.84. The largest absolute Gasteiger partial charge is 0.549 e. The molecule has 2 fully saturated rings. The Labute approximate surface area is 244 Å². The standard InChI is InChI=1S/C21H23O6P.C12H23N/c1-3-26-28(25,27-4-2)19(21(23)24)13-18-16-11-6-5-9-14(16)15-10-7-8-12-17(15)20(18)22;1-3-7-11(8-4-1)13-12-9-5-2-6-10-12/h5-12,19,22H,3-4,13H2,1-2H3,(H,23,24);11-13H,1-10H2. The molecule has 7 nitrogen and oxygen atoms in total. The van der Waals surface area contributed by atoms with Gasteiger partial charge in [0.2, 0.25) is 0 Å². The molecule has 2 saturated carbocycles. The van der Waals surface area contributed by atoms with Crippen LogP contribution in [0.3, 0.4) is 0 Å². The van der Waals surface area contributed by atoms with Crippen molar-refractivity contribution in [2.75, 3.05) is 13.2 Å². The number of phenolic OH excluding ortho intramolecular Hbond substituents is 1. The van der Waals surface area contributed by atoms with Crippen LogP contribution in [-0.2, 0) is 24.8 Å². The fourth-order valence-electron chi connectivity index (χ4n) is 6.54. The van der Waals surface area contributed by atoms with Gasteiger partial charge in [0.25, 0.3) is 0 Å². The van der Waals surface area contributed by atoms with Crippen LogP contribution in [-0.4, -0.2) is 42.0 Å². The van der Waals surface area contributed by atoms with E-state index in [0.717, 1.165) is 22.9 Å². The lowest BCUT2D eigenvalue weighted by atomic mass is 9.91. The van der Waals surface area contributed by atoms with E-state index in [0.29, 0.717) is 16.3 Å². The molecule has 0 saturated heterocycles. The van der Waals surface area contributed by atoms with Gasteiger partial charge in [-0.25, -0.2) is 0 Å². The summed E-state index contributed by atoms with van der Waals surface area (Å²) in [6, 6.07) is 16.7. The first kappa shape index (κ1) is 31.5. The highest BCUT2D eigenvalue weighted by Gasteiger charge is 2.38. The Bertz CT molecular complexity index is 1310. The highest BCUT2D eigenvalue weighted by atomic mass is 31.2. The molecule has 1 unspecified atom stereocenters. The van der Waals surface area contributed by atoms with Gasteiger partial charge in [0, 0.05) is 10.9 Å². The molecule has 0 heterocycles. The molecule has 0 aromatic heterocycles. The maximum absolute atomic E-state index is 13.1. The maximum atomic E-state index is 13.1. The maximum Gasteiger partial charge on any atom is 0.339 e. The highest BCUT2D eigenvalue weighted by molar-refractivity contribution is 7.55. The van der Waals surface area contributed by atoms with Gasteiger partial charge >= 0.3 is 7.60 Å². The van der Waals surface area contributed by atoms with Gasteiger partial charge in [0.05, 0.1) is 31.3 Å². The minimum absolute atomic E-state index is 0.0332. The van der Waals surface area contributed by atoms with E-state index in [1.807, 2.05) is 24.3 Å². The number of aliphatic carboxylic acids is 1. The first-order chi connectivity index (χ1) is 19.9. The van der Waals surface area contributed by atoms with Gasteiger partial charge < -0.3 is 29.4 Å². The van der Waals surface area contributed by atoms with Crippen LogP contribution in [0.15, 0.2) is 48.5 Å². The van der Waals surface area contributed by atoms with Gasteiger partial charge in [-0.3, -0.25) is 4.57 Å². The fraction of sp³-hybridized carbons (Fsp3) is 0.545. The molecule has 0 aliphatic heterocycles. The van der Waals surface area contributed by atoms with E-state index in [-0.39, 0.29) is 25.4 Å². The van der Waals surface area contributed by atoms with Crippen molar-refractivity contribution in [3.63, 3.8) is 0 Å². The molecule has 1 atom stereocenters. The molecular formula is C33H46NO6P. The molecule has 2 aliphatic carbocycles. The molecule has 0 radical (unpaired) electrons. The Morgan fingerprint density at radius 1 is 0.829 bits per heavy atom. The number of benzene rings is 3. The minimum Gasteiger partial charge on any atom is -0.549 e. The number of quaternary nitrogens is 1. The third-order valence-corrected chi connectivity index (χ3v) is 10.9. The topological polar surface area (TPSA) is 112 Å². The van der Waals surface area contributed by atoms with Crippen LogP contribution in [0.25, 0.3) is 21.5 Å². The monoisotopic (exact) mass is 583 g/mol. The third kappa shape index (κ3) is 7.90. The zero-order valence-electron chi connectivity index (χ0n) is 24.6. The van der Waals surface area contributed by atoms with E-state index in [9.17, 15) is 19.6 Å². The van der Waals surface area contributed by atoms with Crippen molar-refractivity contribution < 1.29 is 33.9 Å². The summed E-state index contributed by atoms with van der Waals surface area (Å²) in [7, 11) is -3.98. The zero-order chi connectivity index (χ0) is 29.2. The van der Waals surface area contributed by atoms with Crippen LogP contribution in [0.2, 0.25) is 0 Å². The molecule has 3 N–H and O–H groups in total. The first-order valence-corrected chi connectivity index (χ1v) is 17.0. The van der Waals surface area contributed by atoms with Gasteiger partial charge in [0.15, 0.2) is 0 Å². The number of carbonyl (C=O) groups is 1. The number of rotatable bonds is 10. The summed E-state index contributed by atoms with van der Waals surface area (Å²) < 4.78 is 23.6. The molecule has 224 valence electrons. The van der Waals surface area contributed by atoms with Crippen molar-refractivity contribution in [2.45, 2.75) is 102 Å². The van der Waals surface area contributed by atoms with Gasteiger partial charge in [-0.1, -0.05) is 61.4 Å². The lowest BCUT2D eigenvalue weighted by Gasteiger charge is -2.28. The van der Waals surface area contributed by atoms with E-state index in [4.69, 9.17) is 9.05 Å². The number of hydrogen-bond donors (Lipinski definition) is 2. The second-order valence-corrected chi connectivity index (χ2v) is 13.5. The van der Waals surface area contributed by atoms with Crippen molar-refractivity contribution >= 4 is 35.1 Å². The minimum atomic E-state index is -3.98. The van der Waals surface area contributed by atoms with Crippen molar-refractivity contribution in [3.05, 3.63) is 54.1 Å². The summed E-state index contributed by atoms with van der Waals surface area (Å²) in [4.78, 5) is 11.9. The molecule has 0 amide bonds. The number of carboxylic acids is 1. The number of hydrogen-bond acceptors (Lipinski definition) is 6. The Morgan fingerprint density at radius 3 is 1.73 bits per heavy atom. The zero-order valence-corrected chi connectivity index (χ0v) is 25.5. The second-order valence-electron chi connectivity index (χ2n) is 11.3. The SMILES string of the molecule is C1CCC([NH2+]C2CCCCC2)CC1.CCOP(=O)(OCC)C(Cc1c(O)c2ccccc2c2ccccc12)C(=O)[O-]. The molecule has 0 bridgehead atoms. The number of carboxylic acid groups (broad SMARTS) is 1. The van der Waals surface area contributed by atoms with E-state index < -0.39 is 19.2 Å². The molecule has 3 aromatic carbocycles. The Morgan fingerprint density at radius 2 is 1.27 bits per heavy atom. The first-order valence-electron chi connectivity index (χ1n) is 15.4. The van der Waals surface area contributed by atoms with Gasteiger partial charge in [0.1, 0.15) is 11.4 Å². The molecule has 5 rings (SSSR count). The number of aromatic hydroxyl groups is 1. The molecule has 41 heavy (non-hydrogen) atoms. The van der Waals surface area contributed by atoms with E-state index in [1.54, 1.807) is 38.1 Å². The van der Waals surface area contributed by atoms with E-state index in [1.165, 1.54) is 64.2 Å². The summed E-state index contributed by atoms with van der Waals surface area (Å²) >= 11 is 0. The number of phenols is 1. The summed E-state index contributed by atoms with van der Waals surface area (Å²) in [6.07, 6.45) is 14.7. The Hall–Kier alpha value is -2.44. The molecule has 2 aliphatic rings. The Balaban J connectivity index is 0.000000247. The summed E-state index contributed by atoms with van der Waals surface area (Å²) in [6.45, 7) is 3.29. The third-order valence-electron chi connectivity index (χ3n) is 8.52. The predicted molar refractivity (Wildman–Crippen MR) is 162 cm³/mol. The molecular weight excluding hydrogens is 537 g/mol. The van der Waals surface area contributed by atoms with Crippen LogP contribution in [0, 0.1) is 0 Å². The molecule has 3 aromatic rings. The average Bonchev–Trinajstić information content (AvgIpc) is 2.98. The van der Waals surface area contributed by atoms with Crippen molar-refractivity contribution in [2.24, 2.45) is 0 Å². The average molecular weight is 584 g/mol. The number of nitrogens with two attached hydrogens (primary N) is 1. The van der Waals surface area contributed by atoms with E-state index in [2.05, 4.69) is 5.32 Å². The normalized spacial score (nSPS) is 17.7. The summed E-state index contributed by atoms with van der Waals surface area (Å²) in [5.74, 6) is -1.58. The van der Waals surface area contributed by atoms with Crippen LogP contribution < -0.4 is 10.4 Å². The summed E-state index contributed by atoms with van der Waals surface area (Å²) in [5.41, 5.74) is -1.16. The lowest BCUT2D eigenvalue weighted by molar-refractivity contribution is -0.725.